The average Bonchev–Trinajstić information content (AvgIpc) is 3.34. The van der Waals surface area contributed by atoms with E-state index in [0.29, 0.717) is 11.2 Å². The summed E-state index contributed by atoms with van der Waals surface area (Å²) >= 11 is 0. The molecule has 0 unspecified atom stereocenters. The molecular weight excluding hydrogens is 428 g/mol. The fraction of sp³-hybridized carbons (Fsp3) is 0.231. The van der Waals surface area contributed by atoms with E-state index in [9.17, 15) is 9.59 Å². The van der Waals surface area contributed by atoms with Gasteiger partial charge in [0.05, 0.1) is 5.69 Å². The number of rotatable bonds is 4. The van der Waals surface area contributed by atoms with Gasteiger partial charge < -0.3 is 5.32 Å². The van der Waals surface area contributed by atoms with Crippen LogP contribution in [0.3, 0.4) is 0 Å². The number of benzene rings is 2. The van der Waals surface area contributed by atoms with Crippen LogP contribution >= 0.6 is 0 Å². The molecule has 5 rings (SSSR count). The van der Waals surface area contributed by atoms with Gasteiger partial charge in [0.25, 0.3) is 0 Å². The third-order valence-corrected chi connectivity index (χ3v) is 6.23. The van der Waals surface area contributed by atoms with Gasteiger partial charge in [0.15, 0.2) is 5.65 Å². The summed E-state index contributed by atoms with van der Waals surface area (Å²) in [5.74, 6) is -0.305. The van der Waals surface area contributed by atoms with E-state index >= 15 is 0 Å². The van der Waals surface area contributed by atoms with Gasteiger partial charge in [-0.3, -0.25) is 4.79 Å². The molecule has 8 heteroatoms. The Hall–Kier alpha value is -4.20. The van der Waals surface area contributed by atoms with Gasteiger partial charge >= 0.3 is 5.69 Å². The highest BCUT2D eigenvalue weighted by atomic mass is 16.2. The monoisotopic (exact) mass is 454 g/mol. The molecule has 0 radical (unpaired) electrons. The lowest BCUT2D eigenvalue weighted by atomic mass is 10.0. The van der Waals surface area contributed by atoms with E-state index in [4.69, 9.17) is 0 Å². The van der Waals surface area contributed by atoms with Crippen molar-refractivity contribution >= 4 is 22.8 Å². The maximum absolute atomic E-state index is 13.0. The van der Waals surface area contributed by atoms with Crippen molar-refractivity contribution in [1.29, 1.82) is 0 Å². The summed E-state index contributed by atoms with van der Waals surface area (Å²) in [5, 5.41) is 12.1. The SMILES string of the molecule is Cc1cc(C)c(NC(=O)Cn2nc3c4cc(-c5ccc(C)c(C)c5)nn4ccn3c2=O)c(C)c1. The van der Waals surface area contributed by atoms with E-state index < -0.39 is 0 Å². The number of hydrogen-bond donors (Lipinski definition) is 1. The van der Waals surface area contributed by atoms with Gasteiger partial charge in [-0.2, -0.15) is 5.10 Å². The van der Waals surface area contributed by atoms with Crippen molar-refractivity contribution in [2.45, 2.75) is 41.2 Å². The predicted octanol–water partition coefficient (Wildman–Crippen LogP) is 3.99. The Kier molecular flexibility index (Phi) is 5.08. The van der Waals surface area contributed by atoms with Crippen molar-refractivity contribution in [3.8, 4) is 11.3 Å². The number of aromatic nitrogens is 5. The standard InChI is InChI=1S/C26H26N6O2/c1-15-10-18(4)24(19(5)11-15)27-23(33)14-32-26(34)30-8-9-31-22(25(30)29-32)13-21(28-31)20-7-6-16(2)17(3)12-20/h6-13H,14H2,1-5H3,(H,27,33). The highest BCUT2D eigenvalue weighted by Crippen LogP contribution is 2.24. The zero-order chi connectivity index (χ0) is 24.1. The summed E-state index contributed by atoms with van der Waals surface area (Å²) in [6.07, 6.45) is 3.34. The van der Waals surface area contributed by atoms with Crippen LogP contribution in [0.1, 0.15) is 27.8 Å². The molecule has 8 nitrogen and oxygen atoms in total. The molecule has 0 atom stereocenters. The first-order chi connectivity index (χ1) is 16.2. The molecule has 5 aromatic rings. The zero-order valence-corrected chi connectivity index (χ0v) is 19.9. The lowest BCUT2D eigenvalue weighted by Crippen LogP contribution is -2.28. The van der Waals surface area contributed by atoms with E-state index in [1.165, 1.54) is 20.2 Å². The van der Waals surface area contributed by atoms with Gasteiger partial charge in [-0.15, -0.1) is 5.10 Å². The summed E-state index contributed by atoms with van der Waals surface area (Å²) in [6, 6.07) is 12.1. The molecule has 0 spiro atoms. The molecule has 0 aliphatic heterocycles. The molecule has 3 heterocycles. The molecule has 0 fully saturated rings. The number of amides is 1. The summed E-state index contributed by atoms with van der Waals surface area (Å²) < 4.78 is 4.33. The molecule has 1 amide bonds. The molecule has 34 heavy (non-hydrogen) atoms. The van der Waals surface area contributed by atoms with Gasteiger partial charge in [-0.25, -0.2) is 18.4 Å². The van der Waals surface area contributed by atoms with Crippen LogP contribution in [0.15, 0.2) is 53.6 Å². The fourth-order valence-corrected chi connectivity index (χ4v) is 4.37. The van der Waals surface area contributed by atoms with E-state index in [2.05, 4.69) is 41.5 Å². The predicted molar refractivity (Wildman–Crippen MR) is 132 cm³/mol. The Labute approximate surface area is 196 Å². The topological polar surface area (TPSA) is 85.7 Å². The molecule has 2 aromatic carbocycles. The van der Waals surface area contributed by atoms with Crippen molar-refractivity contribution in [2.24, 2.45) is 0 Å². The zero-order valence-electron chi connectivity index (χ0n) is 19.9. The van der Waals surface area contributed by atoms with E-state index in [0.717, 1.165) is 33.6 Å². The molecule has 0 bridgehead atoms. The Morgan fingerprint density at radius 3 is 2.32 bits per heavy atom. The number of fused-ring (bicyclic) bond motifs is 3. The first kappa shape index (κ1) is 21.6. The maximum atomic E-state index is 13.0. The van der Waals surface area contributed by atoms with Crippen LogP contribution in [0.25, 0.3) is 22.4 Å². The molecule has 0 saturated heterocycles. The maximum Gasteiger partial charge on any atom is 0.350 e. The molecule has 0 saturated carbocycles. The van der Waals surface area contributed by atoms with Crippen molar-refractivity contribution in [1.82, 2.24) is 23.8 Å². The van der Waals surface area contributed by atoms with Crippen molar-refractivity contribution in [3.05, 3.63) is 87.1 Å². The number of nitrogens with zero attached hydrogens (tertiary/aromatic N) is 5. The van der Waals surface area contributed by atoms with Gasteiger partial charge in [0.1, 0.15) is 12.1 Å². The van der Waals surface area contributed by atoms with Crippen LogP contribution in [-0.4, -0.2) is 29.7 Å². The van der Waals surface area contributed by atoms with Crippen molar-refractivity contribution in [3.63, 3.8) is 0 Å². The minimum Gasteiger partial charge on any atom is -0.324 e. The van der Waals surface area contributed by atoms with Gasteiger partial charge in [-0.1, -0.05) is 29.8 Å². The summed E-state index contributed by atoms with van der Waals surface area (Å²) in [4.78, 5) is 25.7. The van der Waals surface area contributed by atoms with Crippen molar-refractivity contribution in [2.75, 3.05) is 5.32 Å². The molecule has 3 aromatic heterocycles. The quantitative estimate of drug-likeness (QED) is 0.445. The number of carbonyl (C=O) groups is 1. The molecule has 0 aliphatic rings. The van der Waals surface area contributed by atoms with E-state index in [1.54, 1.807) is 16.9 Å². The third-order valence-electron chi connectivity index (χ3n) is 6.23. The van der Waals surface area contributed by atoms with Gasteiger partial charge in [-0.05, 0) is 69.0 Å². The van der Waals surface area contributed by atoms with E-state index in [1.807, 2.05) is 45.0 Å². The second-order valence-corrected chi connectivity index (χ2v) is 8.91. The molecule has 0 aliphatic carbocycles. The smallest absolute Gasteiger partial charge is 0.324 e. The van der Waals surface area contributed by atoms with Crippen LogP contribution in [0.4, 0.5) is 5.69 Å². The number of aryl methyl sites for hydroxylation is 5. The molecule has 1 N–H and O–H groups in total. The number of nitrogens with one attached hydrogen (secondary N) is 1. The molecular formula is C26H26N6O2. The highest BCUT2D eigenvalue weighted by Gasteiger charge is 2.16. The second kappa shape index (κ2) is 7.98. The first-order valence-corrected chi connectivity index (χ1v) is 11.1. The Morgan fingerprint density at radius 1 is 0.882 bits per heavy atom. The van der Waals surface area contributed by atoms with Crippen LogP contribution in [-0.2, 0) is 11.3 Å². The van der Waals surface area contributed by atoms with Crippen molar-refractivity contribution < 1.29 is 4.79 Å². The summed E-state index contributed by atoms with van der Waals surface area (Å²) in [5.41, 5.74) is 8.82. The Morgan fingerprint density at radius 2 is 1.62 bits per heavy atom. The van der Waals surface area contributed by atoms with Crippen LogP contribution in [0.5, 0.6) is 0 Å². The number of carbonyl (C=O) groups excluding carboxylic acids is 1. The largest absolute Gasteiger partial charge is 0.350 e. The summed E-state index contributed by atoms with van der Waals surface area (Å²) in [6.45, 7) is 9.88. The minimum absolute atomic E-state index is 0.183. The lowest BCUT2D eigenvalue weighted by Gasteiger charge is -2.12. The van der Waals surface area contributed by atoms with Crippen LogP contribution < -0.4 is 11.0 Å². The first-order valence-electron chi connectivity index (χ1n) is 11.1. The van der Waals surface area contributed by atoms with Crippen LogP contribution in [0, 0.1) is 34.6 Å². The Bertz CT molecular complexity index is 1630. The summed E-state index contributed by atoms with van der Waals surface area (Å²) in [7, 11) is 0. The van der Waals surface area contributed by atoms with Crippen LogP contribution in [0.2, 0.25) is 0 Å². The van der Waals surface area contributed by atoms with E-state index in [-0.39, 0.29) is 18.1 Å². The normalized spacial score (nSPS) is 11.4. The molecule has 172 valence electrons. The average molecular weight is 455 g/mol. The number of anilines is 1. The minimum atomic E-state index is -0.376. The second-order valence-electron chi connectivity index (χ2n) is 8.91. The third kappa shape index (κ3) is 3.67. The van der Waals surface area contributed by atoms with Gasteiger partial charge in [0.2, 0.25) is 5.91 Å². The lowest BCUT2D eigenvalue weighted by molar-refractivity contribution is -0.117. The fourth-order valence-electron chi connectivity index (χ4n) is 4.37. The Balaban J connectivity index is 1.49. The van der Waals surface area contributed by atoms with Gasteiger partial charge in [0, 0.05) is 23.6 Å². The highest BCUT2D eigenvalue weighted by molar-refractivity contribution is 5.92. The number of hydrogen-bond acceptors (Lipinski definition) is 4.